The summed E-state index contributed by atoms with van der Waals surface area (Å²) in [7, 11) is 0. The third-order valence-electron chi connectivity index (χ3n) is 11.2. The zero-order valence-electron chi connectivity index (χ0n) is 40.5. The summed E-state index contributed by atoms with van der Waals surface area (Å²) in [6, 6.07) is -0.724. The second-order valence-corrected chi connectivity index (χ2v) is 17.2. The predicted molar refractivity (Wildman–Crippen MR) is 268 cm³/mol. The van der Waals surface area contributed by atoms with Crippen LogP contribution in [0.2, 0.25) is 0 Å². The Bertz CT molecular complexity index is 1200. The zero-order valence-corrected chi connectivity index (χ0v) is 40.5. The Hall–Kier alpha value is -2.96. The van der Waals surface area contributed by atoms with Crippen molar-refractivity contribution in [2.45, 2.75) is 251 Å². The quantitative estimate of drug-likeness (QED) is 0.0322. The predicted octanol–water partition coefficient (Wildman–Crippen LogP) is 15.6. The van der Waals surface area contributed by atoms with Crippen molar-refractivity contribution in [2.24, 2.45) is 0 Å². The highest BCUT2D eigenvalue weighted by Crippen LogP contribution is 2.17. The summed E-state index contributed by atoms with van der Waals surface area (Å²) < 4.78 is 5.85. The monoisotopic (exact) mass is 864 g/mol. The number of aliphatic hydroxyl groups is 2. The molecule has 0 saturated heterocycles. The van der Waals surface area contributed by atoms with E-state index < -0.39 is 18.2 Å². The van der Waals surface area contributed by atoms with Gasteiger partial charge in [0.2, 0.25) is 5.91 Å². The smallest absolute Gasteiger partial charge is 0.306 e. The third-order valence-corrected chi connectivity index (χ3v) is 11.2. The molecule has 6 nitrogen and oxygen atoms in total. The van der Waals surface area contributed by atoms with E-state index in [-0.39, 0.29) is 31.3 Å². The van der Waals surface area contributed by atoms with Crippen molar-refractivity contribution in [1.82, 2.24) is 5.32 Å². The van der Waals surface area contributed by atoms with Gasteiger partial charge in [0.25, 0.3) is 0 Å². The minimum absolute atomic E-state index is 0.0321. The first-order chi connectivity index (χ1) is 30.5. The summed E-state index contributed by atoms with van der Waals surface area (Å²) in [4.78, 5) is 26.0. The Morgan fingerprint density at radius 2 is 0.903 bits per heavy atom. The summed E-state index contributed by atoms with van der Waals surface area (Å²) in [5.74, 6) is -0.598. The fourth-order valence-electron chi connectivity index (χ4n) is 7.34. The average Bonchev–Trinajstić information content (AvgIpc) is 3.26. The fraction of sp³-hybridized carbons (Fsp3) is 0.714. The molecule has 0 fully saturated rings. The molecule has 0 aromatic rings. The van der Waals surface area contributed by atoms with Crippen molar-refractivity contribution in [3.63, 3.8) is 0 Å². The van der Waals surface area contributed by atoms with Crippen LogP contribution >= 0.6 is 0 Å². The van der Waals surface area contributed by atoms with E-state index in [2.05, 4.69) is 105 Å². The summed E-state index contributed by atoms with van der Waals surface area (Å²) >= 11 is 0. The first-order valence-electron chi connectivity index (χ1n) is 25.8. The van der Waals surface area contributed by atoms with Gasteiger partial charge in [-0.1, -0.05) is 221 Å². The number of carbonyl (C=O) groups excluding carboxylic acids is 2. The van der Waals surface area contributed by atoms with Gasteiger partial charge in [-0.25, -0.2) is 0 Å². The van der Waals surface area contributed by atoms with Crippen molar-refractivity contribution in [1.29, 1.82) is 0 Å². The van der Waals surface area contributed by atoms with Crippen molar-refractivity contribution in [2.75, 3.05) is 6.61 Å². The van der Waals surface area contributed by atoms with Crippen LogP contribution in [0.3, 0.4) is 0 Å². The highest BCUT2D eigenvalue weighted by Gasteiger charge is 2.24. The molecular weight excluding hydrogens is 767 g/mol. The molecule has 3 N–H and O–H groups in total. The summed E-state index contributed by atoms with van der Waals surface area (Å²) in [5.41, 5.74) is 0. The van der Waals surface area contributed by atoms with Crippen molar-refractivity contribution < 1.29 is 24.5 Å². The molecular formula is C56H97NO5. The molecule has 6 heteroatoms. The average molecular weight is 864 g/mol. The molecule has 0 aliphatic rings. The molecule has 62 heavy (non-hydrogen) atoms. The number of ether oxygens (including phenoxy) is 1. The van der Waals surface area contributed by atoms with Crippen LogP contribution < -0.4 is 5.32 Å². The van der Waals surface area contributed by atoms with Crippen molar-refractivity contribution >= 4 is 11.9 Å². The number of rotatable bonds is 45. The van der Waals surface area contributed by atoms with Gasteiger partial charge in [0, 0.05) is 6.42 Å². The summed E-state index contributed by atoms with van der Waals surface area (Å²) in [5, 5.41) is 23.7. The lowest BCUT2D eigenvalue weighted by Crippen LogP contribution is -2.46. The number of hydrogen-bond acceptors (Lipinski definition) is 5. The second-order valence-electron chi connectivity index (χ2n) is 17.2. The topological polar surface area (TPSA) is 95.9 Å². The molecule has 0 aliphatic carbocycles. The minimum Gasteiger partial charge on any atom is -0.462 e. The van der Waals surface area contributed by atoms with Crippen LogP contribution in [-0.4, -0.2) is 46.9 Å². The second kappa shape index (κ2) is 49.1. The summed E-state index contributed by atoms with van der Waals surface area (Å²) in [6.07, 6.45) is 63.8. The SMILES string of the molecule is CC/C=C\C/C=C\C/C=C\C/C=C\C/C=C\C/C=C\CCC(=O)OC(CCCCC/C=C\CCC)CC(=O)NC(CO)C(O)CCCCCCCCCCCCCCCCCC. The molecule has 0 radical (unpaired) electrons. The number of esters is 1. The first kappa shape index (κ1) is 59.0. The third kappa shape index (κ3) is 43.7. The molecule has 3 unspecified atom stereocenters. The molecule has 0 aliphatic heterocycles. The van der Waals surface area contributed by atoms with E-state index in [4.69, 9.17) is 4.74 Å². The van der Waals surface area contributed by atoms with Crippen LogP contribution in [0.15, 0.2) is 85.1 Å². The molecule has 0 bridgehead atoms. The highest BCUT2D eigenvalue weighted by atomic mass is 16.5. The van der Waals surface area contributed by atoms with E-state index in [1.54, 1.807) is 0 Å². The standard InChI is InChI=1S/C56H97NO5/c1-4-7-10-13-16-19-21-23-25-27-28-29-31-33-35-37-40-43-46-49-56(61)62-52(47-44-41-38-18-15-12-9-6-3)50-55(60)57-53(51-58)54(59)48-45-42-39-36-34-32-30-26-24-22-20-17-14-11-8-5-2/h7,10,12,15-16,19,23,25,28-29,33,35,40,43,52-54,58-59H,4-6,8-9,11,13-14,17-18,20-22,24,26-27,30-32,34,36-39,41-42,44-51H2,1-3H3,(H,57,60)/b10-7-,15-12-,19-16-,25-23-,29-28-,35-33-,43-40-. The molecule has 1 amide bonds. The zero-order chi connectivity index (χ0) is 45.2. The van der Waals surface area contributed by atoms with Crippen LogP contribution in [0.1, 0.15) is 233 Å². The molecule has 0 aromatic carbocycles. The lowest BCUT2D eigenvalue weighted by Gasteiger charge is -2.24. The van der Waals surface area contributed by atoms with E-state index in [0.29, 0.717) is 19.3 Å². The van der Waals surface area contributed by atoms with Gasteiger partial charge < -0.3 is 20.3 Å². The molecule has 356 valence electrons. The minimum atomic E-state index is -0.807. The molecule has 0 saturated carbocycles. The number of carbonyl (C=O) groups is 2. The van der Waals surface area contributed by atoms with Gasteiger partial charge in [-0.05, 0) is 83.5 Å². The van der Waals surface area contributed by atoms with Crippen molar-refractivity contribution in [3.05, 3.63) is 85.1 Å². The Balaban J connectivity index is 4.52. The van der Waals surface area contributed by atoms with E-state index in [9.17, 15) is 19.8 Å². The molecule has 3 atom stereocenters. The van der Waals surface area contributed by atoms with Crippen LogP contribution in [0.25, 0.3) is 0 Å². The van der Waals surface area contributed by atoms with Gasteiger partial charge >= 0.3 is 5.97 Å². The Kier molecular flexibility index (Phi) is 46.7. The fourth-order valence-corrected chi connectivity index (χ4v) is 7.34. The van der Waals surface area contributed by atoms with E-state index >= 15 is 0 Å². The largest absolute Gasteiger partial charge is 0.462 e. The van der Waals surface area contributed by atoms with E-state index in [1.165, 1.54) is 83.5 Å². The molecule has 0 aromatic heterocycles. The molecule has 0 rings (SSSR count). The maximum absolute atomic E-state index is 13.1. The number of unbranched alkanes of at least 4 members (excludes halogenated alkanes) is 19. The Labute approximate surface area is 383 Å². The number of hydrogen-bond donors (Lipinski definition) is 3. The molecule has 0 spiro atoms. The van der Waals surface area contributed by atoms with Gasteiger partial charge in [-0.2, -0.15) is 0 Å². The maximum atomic E-state index is 13.1. The molecule has 0 heterocycles. The number of amides is 1. The maximum Gasteiger partial charge on any atom is 0.306 e. The van der Waals surface area contributed by atoms with Gasteiger partial charge in [-0.3, -0.25) is 9.59 Å². The number of allylic oxidation sites excluding steroid dienone is 14. The van der Waals surface area contributed by atoms with Gasteiger partial charge in [0.1, 0.15) is 6.10 Å². The lowest BCUT2D eigenvalue weighted by molar-refractivity contribution is -0.150. The normalized spacial score (nSPS) is 14.0. The highest BCUT2D eigenvalue weighted by molar-refractivity contribution is 5.77. The van der Waals surface area contributed by atoms with Crippen LogP contribution in [-0.2, 0) is 14.3 Å². The van der Waals surface area contributed by atoms with E-state index in [1.807, 2.05) is 6.08 Å². The summed E-state index contributed by atoms with van der Waals surface area (Å²) in [6.45, 7) is 6.28. The van der Waals surface area contributed by atoms with Crippen LogP contribution in [0.4, 0.5) is 0 Å². The Morgan fingerprint density at radius 3 is 1.39 bits per heavy atom. The van der Waals surface area contributed by atoms with E-state index in [0.717, 1.165) is 96.3 Å². The number of nitrogens with one attached hydrogen (secondary N) is 1. The first-order valence-corrected chi connectivity index (χ1v) is 25.8. The Morgan fingerprint density at radius 1 is 0.484 bits per heavy atom. The van der Waals surface area contributed by atoms with Gasteiger partial charge in [0.05, 0.1) is 25.2 Å². The van der Waals surface area contributed by atoms with Crippen LogP contribution in [0.5, 0.6) is 0 Å². The van der Waals surface area contributed by atoms with Gasteiger partial charge in [-0.15, -0.1) is 0 Å². The van der Waals surface area contributed by atoms with Crippen LogP contribution in [0, 0.1) is 0 Å². The lowest BCUT2D eigenvalue weighted by atomic mass is 10.0. The number of aliphatic hydroxyl groups excluding tert-OH is 2. The van der Waals surface area contributed by atoms with Gasteiger partial charge in [0.15, 0.2) is 0 Å². The van der Waals surface area contributed by atoms with Crippen molar-refractivity contribution in [3.8, 4) is 0 Å².